The van der Waals surface area contributed by atoms with Crippen molar-refractivity contribution in [3.63, 3.8) is 0 Å². The summed E-state index contributed by atoms with van der Waals surface area (Å²) in [7, 11) is -3.12. The van der Waals surface area contributed by atoms with Gasteiger partial charge in [-0.3, -0.25) is 9.88 Å². The molecule has 1 aromatic heterocycles. The summed E-state index contributed by atoms with van der Waals surface area (Å²) in [6, 6.07) is 12.2. The Morgan fingerprint density at radius 2 is 1.92 bits per heavy atom. The average Bonchev–Trinajstić information content (AvgIpc) is 3.00. The molecule has 1 aliphatic rings. The lowest BCUT2D eigenvalue weighted by Gasteiger charge is -2.24. The van der Waals surface area contributed by atoms with E-state index in [1.807, 2.05) is 25.3 Å². The van der Waals surface area contributed by atoms with Gasteiger partial charge in [-0.05, 0) is 74.5 Å². The zero-order valence-corrected chi connectivity index (χ0v) is 15.8. The van der Waals surface area contributed by atoms with E-state index in [2.05, 4.69) is 22.0 Å². The van der Waals surface area contributed by atoms with E-state index >= 15 is 0 Å². The van der Waals surface area contributed by atoms with Gasteiger partial charge in [-0.1, -0.05) is 12.1 Å². The van der Waals surface area contributed by atoms with Crippen molar-refractivity contribution in [2.45, 2.75) is 50.1 Å². The molecule has 4 nitrogen and oxygen atoms in total. The van der Waals surface area contributed by atoms with E-state index in [9.17, 15) is 8.42 Å². The van der Waals surface area contributed by atoms with Gasteiger partial charge >= 0.3 is 0 Å². The zero-order chi connectivity index (χ0) is 17.9. The van der Waals surface area contributed by atoms with Crippen LogP contribution in [0.4, 0.5) is 0 Å². The van der Waals surface area contributed by atoms with E-state index in [1.165, 1.54) is 30.2 Å². The third-order valence-electron chi connectivity index (χ3n) is 4.96. The first kappa shape index (κ1) is 18.1. The lowest BCUT2D eigenvalue weighted by Crippen LogP contribution is -2.29. The van der Waals surface area contributed by atoms with Crippen molar-refractivity contribution in [2.24, 2.45) is 0 Å². The molecule has 25 heavy (non-hydrogen) atoms. The van der Waals surface area contributed by atoms with Crippen molar-refractivity contribution in [2.75, 3.05) is 12.8 Å². The number of aromatic nitrogens is 1. The summed E-state index contributed by atoms with van der Waals surface area (Å²) in [4.78, 5) is 7.18. The summed E-state index contributed by atoms with van der Waals surface area (Å²) in [5.74, 6) is 0. The van der Waals surface area contributed by atoms with E-state index in [0.717, 1.165) is 31.6 Å². The van der Waals surface area contributed by atoms with Gasteiger partial charge < -0.3 is 0 Å². The Bertz CT molecular complexity index is 816. The molecule has 0 spiro atoms. The highest BCUT2D eigenvalue weighted by Gasteiger charge is 2.24. The smallest absolute Gasteiger partial charge is 0.175 e. The van der Waals surface area contributed by atoms with Gasteiger partial charge in [0.15, 0.2) is 9.84 Å². The maximum absolute atomic E-state index is 11.6. The van der Waals surface area contributed by atoms with Crippen LogP contribution in [0.5, 0.6) is 0 Å². The van der Waals surface area contributed by atoms with Crippen molar-refractivity contribution in [1.82, 2.24) is 9.88 Å². The Kier molecular flexibility index (Phi) is 5.54. The van der Waals surface area contributed by atoms with Gasteiger partial charge in [0, 0.05) is 30.7 Å². The lowest BCUT2D eigenvalue weighted by molar-refractivity contribution is 0.234. The molecule has 1 aromatic carbocycles. The topological polar surface area (TPSA) is 50.3 Å². The highest BCUT2D eigenvalue weighted by atomic mass is 32.2. The fourth-order valence-corrected chi connectivity index (χ4v) is 4.23. The predicted molar refractivity (Wildman–Crippen MR) is 100 cm³/mol. The molecule has 1 saturated heterocycles. The first-order chi connectivity index (χ1) is 11.9. The van der Waals surface area contributed by atoms with Crippen LogP contribution in [-0.2, 0) is 22.8 Å². The van der Waals surface area contributed by atoms with Crippen molar-refractivity contribution in [3.05, 3.63) is 59.4 Å². The summed E-state index contributed by atoms with van der Waals surface area (Å²) in [5.41, 5.74) is 3.61. The highest BCUT2D eigenvalue weighted by molar-refractivity contribution is 7.90. The molecule has 0 bridgehead atoms. The van der Waals surface area contributed by atoms with Crippen LogP contribution in [0.25, 0.3) is 0 Å². The molecule has 1 aliphatic heterocycles. The number of likely N-dealkylation sites (tertiary alicyclic amines) is 1. The third-order valence-corrected chi connectivity index (χ3v) is 6.09. The minimum atomic E-state index is -3.12. The van der Waals surface area contributed by atoms with Gasteiger partial charge in [0.05, 0.1) is 4.90 Å². The standard InChI is InChI=1S/C20H26N2O2S/c1-16-14-17(11-12-21-16)5-8-19-4-3-13-22(19)15-18-6-9-20(10-7-18)25(2,23)24/h6-7,9-12,14,19H,3-5,8,13,15H2,1-2H3. The van der Waals surface area contributed by atoms with Crippen molar-refractivity contribution >= 4 is 9.84 Å². The number of rotatable bonds is 6. The molecule has 5 heteroatoms. The largest absolute Gasteiger partial charge is 0.296 e. The van der Waals surface area contributed by atoms with Crippen LogP contribution in [0, 0.1) is 6.92 Å². The number of benzene rings is 1. The number of sulfone groups is 1. The third kappa shape index (κ3) is 4.89. The Labute approximate surface area is 150 Å². The van der Waals surface area contributed by atoms with E-state index < -0.39 is 9.84 Å². The summed E-state index contributed by atoms with van der Waals surface area (Å²) in [6.45, 7) is 4.05. The number of aryl methyl sites for hydroxylation is 2. The molecule has 134 valence electrons. The summed E-state index contributed by atoms with van der Waals surface area (Å²) in [6.07, 6.45) is 7.86. The van der Waals surface area contributed by atoms with E-state index in [-0.39, 0.29) is 0 Å². The first-order valence-electron chi connectivity index (χ1n) is 8.86. The fraction of sp³-hybridized carbons (Fsp3) is 0.450. The maximum atomic E-state index is 11.6. The molecule has 3 rings (SSSR count). The second-order valence-corrected chi connectivity index (χ2v) is 9.04. The number of pyridine rings is 1. The molecule has 0 amide bonds. The average molecular weight is 359 g/mol. The fourth-order valence-electron chi connectivity index (χ4n) is 3.60. The number of nitrogens with zero attached hydrogens (tertiary/aromatic N) is 2. The molecule has 2 heterocycles. The van der Waals surface area contributed by atoms with Gasteiger partial charge in [0.1, 0.15) is 0 Å². The van der Waals surface area contributed by atoms with Crippen LogP contribution in [0.15, 0.2) is 47.5 Å². The van der Waals surface area contributed by atoms with Gasteiger partial charge in [-0.2, -0.15) is 0 Å². The number of hydrogen-bond donors (Lipinski definition) is 0. The van der Waals surface area contributed by atoms with Crippen molar-refractivity contribution in [3.8, 4) is 0 Å². The van der Waals surface area contributed by atoms with E-state index in [4.69, 9.17) is 0 Å². The van der Waals surface area contributed by atoms with E-state index in [0.29, 0.717) is 10.9 Å². The normalized spacial score (nSPS) is 18.6. The Hall–Kier alpha value is -1.72. The van der Waals surface area contributed by atoms with Crippen LogP contribution in [-0.4, -0.2) is 37.1 Å². The van der Waals surface area contributed by atoms with Gasteiger partial charge in [0.25, 0.3) is 0 Å². The quantitative estimate of drug-likeness (QED) is 0.794. The predicted octanol–water partition coefficient (Wildman–Crippen LogP) is 3.39. The van der Waals surface area contributed by atoms with Crippen molar-refractivity contribution < 1.29 is 8.42 Å². The second kappa shape index (κ2) is 7.67. The van der Waals surface area contributed by atoms with Crippen LogP contribution in [0.3, 0.4) is 0 Å². The molecule has 1 fully saturated rings. The molecular formula is C20H26N2O2S. The van der Waals surface area contributed by atoms with Gasteiger partial charge in [-0.25, -0.2) is 8.42 Å². The van der Waals surface area contributed by atoms with Gasteiger partial charge in [-0.15, -0.1) is 0 Å². The Morgan fingerprint density at radius 1 is 1.16 bits per heavy atom. The monoisotopic (exact) mass is 358 g/mol. The maximum Gasteiger partial charge on any atom is 0.175 e. The minimum Gasteiger partial charge on any atom is -0.296 e. The van der Waals surface area contributed by atoms with Crippen LogP contribution in [0.1, 0.15) is 36.1 Å². The van der Waals surface area contributed by atoms with Crippen molar-refractivity contribution in [1.29, 1.82) is 0 Å². The molecule has 0 saturated carbocycles. The molecule has 1 unspecified atom stereocenters. The van der Waals surface area contributed by atoms with Crippen LogP contribution >= 0.6 is 0 Å². The Balaban J connectivity index is 1.60. The van der Waals surface area contributed by atoms with E-state index in [1.54, 1.807) is 12.1 Å². The molecule has 1 atom stereocenters. The highest BCUT2D eigenvalue weighted by Crippen LogP contribution is 2.24. The lowest BCUT2D eigenvalue weighted by atomic mass is 10.0. The summed E-state index contributed by atoms with van der Waals surface area (Å²) in [5, 5.41) is 0. The molecular weight excluding hydrogens is 332 g/mol. The van der Waals surface area contributed by atoms with Crippen LogP contribution < -0.4 is 0 Å². The summed E-state index contributed by atoms with van der Waals surface area (Å²) >= 11 is 0. The molecule has 2 aromatic rings. The second-order valence-electron chi connectivity index (χ2n) is 7.03. The Morgan fingerprint density at radius 3 is 2.60 bits per heavy atom. The van der Waals surface area contributed by atoms with Gasteiger partial charge in [0.2, 0.25) is 0 Å². The summed E-state index contributed by atoms with van der Waals surface area (Å²) < 4.78 is 23.1. The molecule has 0 N–H and O–H groups in total. The minimum absolute atomic E-state index is 0.391. The zero-order valence-electron chi connectivity index (χ0n) is 15.0. The van der Waals surface area contributed by atoms with Crippen LogP contribution in [0.2, 0.25) is 0 Å². The number of hydrogen-bond acceptors (Lipinski definition) is 4. The molecule has 0 radical (unpaired) electrons. The SMILES string of the molecule is Cc1cc(CCC2CCCN2Cc2ccc(S(C)(=O)=O)cc2)ccn1. The molecule has 0 aliphatic carbocycles. The first-order valence-corrected chi connectivity index (χ1v) is 10.8.